The van der Waals surface area contributed by atoms with Crippen LogP contribution in [0.5, 0.6) is 5.75 Å². The molecular formula is C29H28Br2ClNO5S. The van der Waals surface area contributed by atoms with Gasteiger partial charge in [-0.25, -0.2) is 0 Å². The fourth-order valence-electron chi connectivity index (χ4n) is 5.84. The summed E-state index contributed by atoms with van der Waals surface area (Å²) in [4.78, 5) is 27.4. The number of ketones is 2. The summed E-state index contributed by atoms with van der Waals surface area (Å²) in [5, 5.41) is 3.87. The van der Waals surface area contributed by atoms with E-state index in [2.05, 4.69) is 37.2 Å². The van der Waals surface area contributed by atoms with Gasteiger partial charge in [-0.1, -0.05) is 55.2 Å². The van der Waals surface area contributed by atoms with Gasteiger partial charge in [0.15, 0.2) is 17.3 Å². The van der Waals surface area contributed by atoms with Gasteiger partial charge in [-0.05, 0) is 76.0 Å². The van der Waals surface area contributed by atoms with Gasteiger partial charge in [-0.15, -0.1) is 0 Å². The van der Waals surface area contributed by atoms with Crippen LogP contribution in [0.2, 0.25) is 5.02 Å². The van der Waals surface area contributed by atoms with Crippen molar-refractivity contribution in [2.24, 2.45) is 10.8 Å². The van der Waals surface area contributed by atoms with E-state index in [0.29, 0.717) is 56.4 Å². The van der Waals surface area contributed by atoms with Crippen LogP contribution in [0.25, 0.3) is 0 Å². The quantitative estimate of drug-likeness (QED) is 0.331. The molecule has 0 radical (unpaired) electrons. The second-order valence-electron chi connectivity index (χ2n) is 12.0. The van der Waals surface area contributed by atoms with Gasteiger partial charge in [0.25, 0.3) is 0 Å². The number of nitrogens with one attached hydrogen (secondary N) is 1. The van der Waals surface area contributed by atoms with Gasteiger partial charge in [-0.2, -0.15) is 8.42 Å². The fourth-order valence-corrected chi connectivity index (χ4v) is 8.38. The molecule has 39 heavy (non-hydrogen) atoms. The van der Waals surface area contributed by atoms with Crippen LogP contribution in [0.3, 0.4) is 0 Å². The predicted octanol–water partition coefficient (Wildman–Crippen LogP) is 7.61. The van der Waals surface area contributed by atoms with Crippen molar-refractivity contribution in [3.05, 3.63) is 78.5 Å². The highest BCUT2D eigenvalue weighted by Crippen LogP contribution is 2.53. The van der Waals surface area contributed by atoms with E-state index < -0.39 is 16.0 Å². The number of carbonyl (C=O) groups excluding carboxylic acids is 2. The van der Waals surface area contributed by atoms with Crippen molar-refractivity contribution in [3.63, 3.8) is 0 Å². The van der Waals surface area contributed by atoms with E-state index in [0.717, 1.165) is 11.4 Å². The Morgan fingerprint density at radius 3 is 1.90 bits per heavy atom. The molecule has 2 aromatic carbocycles. The van der Waals surface area contributed by atoms with Crippen LogP contribution in [-0.4, -0.2) is 20.0 Å². The van der Waals surface area contributed by atoms with Gasteiger partial charge in [0.1, 0.15) is 4.90 Å². The first-order valence-electron chi connectivity index (χ1n) is 12.6. The zero-order valence-electron chi connectivity index (χ0n) is 22.0. The summed E-state index contributed by atoms with van der Waals surface area (Å²) in [5.41, 5.74) is 2.49. The minimum absolute atomic E-state index is 0.0361. The lowest BCUT2D eigenvalue weighted by molar-refractivity contribution is -0.119. The van der Waals surface area contributed by atoms with Crippen molar-refractivity contribution >= 4 is 65.1 Å². The molecule has 0 spiro atoms. The van der Waals surface area contributed by atoms with Gasteiger partial charge >= 0.3 is 10.1 Å². The van der Waals surface area contributed by atoms with Crippen molar-refractivity contribution in [1.29, 1.82) is 0 Å². The van der Waals surface area contributed by atoms with Crippen LogP contribution < -0.4 is 9.50 Å². The van der Waals surface area contributed by atoms with Crippen molar-refractivity contribution < 1.29 is 22.2 Å². The first kappa shape index (κ1) is 28.6. The molecule has 3 aliphatic rings. The van der Waals surface area contributed by atoms with E-state index in [9.17, 15) is 18.0 Å². The van der Waals surface area contributed by atoms with Crippen LogP contribution in [0.4, 0.5) is 0 Å². The Kier molecular flexibility index (Phi) is 7.22. The van der Waals surface area contributed by atoms with Crippen LogP contribution in [0.15, 0.2) is 72.8 Å². The number of allylic oxidation sites excluding steroid dienone is 4. The number of rotatable bonds is 4. The lowest BCUT2D eigenvalue weighted by atomic mass is 9.64. The summed E-state index contributed by atoms with van der Waals surface area (Å²) in [6.45, 7) is 8.20. The Bertz CT molecular complexity index is 1540. The summed E-state index contributed by atoms with van der Waals surface area (Å²) in [6.07, 6.45) is 1.90. The van der Waals surface area contributed by atoms with E-state index in [4.69, 9.17) is 15.8 Å². The van der Waals surface area contributed by atoms with E-state index in [-0.39, 0.29) is 33.0 Å². The van der Waals surface area contributed by atoms with Crippen molar-refractivity contribution in [1.82, 2.24) is 5.32 Å². The largest absolute Gasteiger partial charge is 0.377 e. The van der Waals surface area contributed by atoms with Gasteiger partial charge < -0.3 is 9.50 Å². The highest BCUT2D eigenvalue weighted by atomic mass is 79.9. The Hall–Kier alpha value is -1.94. The molecule has 0 aromatic heterocycles. The number of hydrogen-bond acceptors (Lipinski definition) is 6. The first-order chi connectivity index (χ1) is 18.1. The van der Waals surface area contributed by atoms with E-state index in [1.54, 1.807) is 12.1 Å². The van der Waals surface area contributed by atoms with Crippen LogP contribution in [0.1, 0.15) is 64.9 Å². The number of hydrogen-bond donors (Lipinski definition) is 1. The Morgan fingerprint density at radius 2 is 1.38 bits per heavy atom. The molecule has 0 fully saturated rings. The Labute approximate surface area is 250 Å². The second kappa shape index (κ2) is 9.86. The summed E-state index contributed by atoms with van der Waals surface area (Å²) in [6, 6.07) is 9.11. The molecule has 1 heterocycles. The van der Waals surface area contributed by atoms with Gasteiger partial charge in [0, 0.05) is 56.4 Å². The van der Waals surface area contributed by atoms with E-state index >= 15 is 0 Å². The van der Waals surface area contributed by atoms with E-state index in [1.807, 2.05) is 27.7 Å². The molecule has 2 aliphatic carbocycles. The molecule has 0 atom stereocenters. The summed E-state index contributed by atoms with van der Waals surface area (Å²) >= 11 is 13.0. The molecule has 10 heteroatoms. The molecule has 206 valence electrons. The minimum atomic E-state index is -4.27. The smallest absolute Gasteiger partial charge is 0.339 e. The zero-order chi connectivity index (χ0) is 28.5. The third-order valence-corrected chi connectivity index (χ3v) is 9.90. The first-order valence-corrected chi connectivity index (χ1v) is 15.9. The topological polar surface area (TPSA) is 89.5 Å². The average molecular weight is 698 g/mol. The highest BCUT2D eigenvalue weighted by molar-refractivity contribution is 9.11. The van der Waals surface area contributed by atoms with Crippen molar-refractivity contribution in [2.75, 3.05) is 0 Å². The molecule has 2 aromatic rings. The minimum Gasteiger partial charge on any atom is -0.377 e. The third kappa shape index (κ3) is 5.52. The molecule has 0 saturated carbocycles. The summed E-state index contributed by atoms with van der Waals surface area (Å²) in [7, 11) is -4.27. The Morgan fingerprint density at radius 1 is 0.872 bits per heavy atom. The molecule has 1 N–H and O–H groups in total. The average Bonchev–Trinajstić information content (AvgIpc) is 2.78. The number of halogens is 3. The lowest BCUT2D eigenvalue weighted by Crippen LogP contribution is -2.42. The molecule has 6 nitrogen and oxygen atoms in total. The number of dihydropyridines is 1. The molecule has 0 amide bonds. The maximum absolute atomic E-state index is 13.7. The second-order valence-corrected chi connectivity index (χ2v) is 15.8. The lowest BCUT2D eigenvalue weighted by Gasteiger charge is -2.44. The molecular weight excluding hydrogens is 670 g/mol. The van der Waals surface area contributed by atoms with Crippen LogP contribution >= 0.6 is 43.5 Å². The van der Waals surface area contributed by atoms with Crippen molar-refractivity contribution in [2.45, 2.75) is 64.2 Å². The maximum Gasteiger partial charge on any atom is 0.339 e. The normalized spacial score (nSPS) is 20.9. The number of carbonyl (C=O) groups is 2. The number of Topliss-reactive ketones (excluding diaryl/α,β-unsaturated/α-hetero) is 2. The van der Waals surface area contributed by atoms with Crippen molar-refractivity contribution in [3.8, 4) is 5.75 Å². The van der Waals surface area contributed by atoms with Gasteiger partial charge in [-0.3, -0.25) is 9.59 Å². The molecule has 1 aliphatic heterocycles. The van der Waals surface area contributed by atoms with Crippen LogP contribution in [-0.2, 0) is 19.7 Å². The molecule has 0 unspecified atom stereocenters. The van der Waals surface area contributed by atoms with Crippen LogP contribution in [0, 0.1) is 10.8 Å². The third-order valence-electron chi connectivity index (χ3n) is 7.36. The highest BCUT2D eigenvalue weighted by Gasteiger charge is 2.47. The Balaban J connectivity index is 1.74. The van der Waals surface area contributed by atoms with Gasteiger partial charge in [0.2, 0.25) is 0 Å². The fraction of sp³-hybridized carbons (Fsp3) is 0.379. The zero-order valence-corrected chi connectivity index (χ0v) is 26.7. The van der Waals surface area contributed by atoms with Gasteiger partial charge in [0.05, 0.1) is 4.47 Å². The monoisotopic (exact) mass is 695 g/mol. The number of benzene rings is 2. The molecule has 0 bridgehead atoms. The standard InChI is InChI=1S/C29H28Br2ClNO5S/c1-28(2)11-20-25(22(34)13-28)24(26-21(33-20)12-29(3,4)14-23(26)35)18-9-15(30)10-19(31)27(18)38-39(36,37)17-7-5-16(32)6-8-17/h5-10,24,33H,11-14H2,1-4H3. The molecule has 5 rings (SSSR count). The summed E-state index contributed by atoms with van der Waals surface area (Å²) < 4.78 is 33.6. The maximum atomic E-state index is 13.7. The summed E-state index contributed by atoms with van der Waals surface area (Å²) in [5.74, 6) is -0.863. The molecule has 0 saturated heterocycles. The predicted molar refractivity (Wildman–Crippen MR) is 157 cm³/mol. The SMILES string of the molecule is CC1(C)CC(=O)C2=C(C1)NC1=C(C(=O)CC(C)(C)C1)C2c1cc(Br)cc(Br)c1OS(=O)(=O)c1ccc(Cl)cc1. The van der Waals surface area contributed by atoms with E-state index in [1.165, 1.54) is 24.3 Å².